The van der Waals surface area contributed by atoms with E-state index >= 15 is 0 Å². The van der Waals surface area contributed by atoms with Crippen LogP contribution in [0.5, 0.6) is 0 Å². The lowest BCUT2D eigenvalue weighted by atomic mass is 10.2. The van der Waals surface area contributed by atoms with Crippen LogP contribution < -0.4 is 4.90 Å². The van der Waals surface area contributed by atoms with Gasteiger partial charge in [0.2, 0.25) is 0 Å². The van der Waals surface area contributed by atoms with Crippen molar-refractivity contribution in [3.05, 3.63) is 44.4 Å². The molecule has 0 spiro atoms. The van der Waals surface area contributed by atoms with Gasteiger partial charge in [-0.15, -0.1) is 11.3 Å². The molecule has 26 heavy (non-hydrogen) atoms. The number of hydrogen-bond acceptors (Lipinski definition) is 8. The molecule has 1 aromatic carbocycles. The van der Waals surface area contributed by atoms with E-state index in [4.69, 9.17) is 0 Å². The molecule has 2 heterocycles. The average molecular weight is 396 g/mol. The summed E-state index contributed by atoms with van der Waals surface area (Å²) >= 11 is 1.63. The Balaban J connectivity index is 1.73. The molecular formula is C16H20N4O4S2. The third kappa shape index (κ3) is 4.19. The van der Waals surface area contributed by atoms with Crippen molar-refractivity contribution < 1.29 is 13.3 Å². The number of piperazine rings is 1. The number of rotatable bonds is 5. The second-order valence-corrected chi connectivity index (χ2v) is 9.38. The quantitative estimate of drug-likeness (QED) is 0.564. The predicted octanol–water partition coefficient (Wildman–Crippen LogP) is 2.09. The van der Waals surface area contributed by atoms with Crippen LogP contribution in [-0.2, 0) is 16.4 Å². The van der Waals surface area contributed by atoms with E-state index in [1.165, 1.54) is 12.1 Å². The number of thiazole rings is 1. The van der Waals surface area contributed by atoms with Crippen LogP contribution in [0.3, 0.4) is 0 Å². The average Bonchev–Trinajstić information content (AvgIpc) is 2.99. The summed E-state index contributed by atoms with van der Waals surface area (Å²) in [4.78, 5) is 19.5. The van der Waals surface area contributed by atoms with Crippen LogP contribution in [-0.4, -0.2) is 55.7 Å². The van der Waals surface area contributed by atoms with E-state index < -0.39 is 14.8 Å². The Morgan fingerprint density at radius 1 is 1.27 bits per heavy atom. The zero-order chi connectivity index (χ0) is 18.9. The highest BCUT2D eigenvalue weighted by molar-refractivity contribution is 7.90. The Bertz CT molecular complexity index is 918. The van der Waals surface area contributed by atoms with Gasteiger partial charge in [-0.25, -0.2) is 13.4 Å². The molecule has 0 aliphatic carbocycles. The number of nitro benzene ring substituents is 1. The van der Waals surface area contributed by atoms with Gasteiger partial charge in [0.25, 0.3) is 5.69 Å². The lowest BCUT2D eigenvalue weighted by Gasteiger charge is -2.35. The van der Waals surface area contributed by atoms with Crippen LogP contribution in [0.25, 0.3) is 0 Å². The lowest BCUT2D eigenvalue weighted by molar-refractivity contribution is -0.384. The maximum absolute atomic E-state index is 11.7. The number of aromatic nitrogens is 1. The Morgan fingerprint density at radius 2 is 1.96 bits per heavy atom. The summed E-state index contributed by atoms with van der Waals surface area (Å²) in [5, 5.41) is 14.5. The molecule has 8 nitrogen and oxygen atoms in total. The number of anilines is 1. The largest absolute Gasteiger partial charge is 0.363 e. The minimum absolute atomic E-state index is 0.0366. The first-order chi connectivity index (χ1) is 12.2. The van der Waals surface area contributed by atoms with Crippen LogP contribution >= 0.6 is 11.3 Å². The van der Waals surface area contributed by atoms with Crippen molar-refractivity contribution in [3.8, 4) is 0 Å². The molecule has 0 unspecified atom stereocenters. The molecule has 0 N–H and O–H groups in total. The van der Waals surface area contributed by atoms with Gasteiger partial charge in [-0.1, -0.05) is 0 Å². The lowest BCUT2D eigenvalue weighted by Crippen LogP contribution is -2.46. The van der Waals surface area contributed by atoms with E-state index in [0.717, 1.165) is 42.7 Å². The summed E-state index contributed by atoms with van der Waals surface area (Å²) < 4.78 is 23.3. The van der Waals surface area contributed by atoms with E-state index in [2.05, 4.69) is 15.3 Å². The van der Waals surface area contributed by atoms with E-state index in [-0.39, 0.29) is 10.6 Å². The van der Waals surface area contributed by atoms with Crippen LogP contribution in [0.1, 0.15) is 10.7 Å². The number of aryl methyl sites for hydroxylation is 1. The third-order valence-electron chi connectivity index (χ3n) is 4.34. The molecular weight excluding hydrogens is 376 g/mol. The standard InChI is InChI=1S/C16H20N4O4S2/c1-12-17-13(11-25-12)10-18-5-7-19(8-6-18)15-4-3-14(26(2,23)24)9-16(15)20(21)22/h3-4,9,11H,5-8,10H2,1-2H3. The molecule has 1 saturated heterocycles. The molecule has 1 aliphatic rings. The third-order valence-corrected chi connectivity index (χ3v) is 6.27. The summed E-state index contributed by atoms with van der Waals surface area (Å²) in [6, 6.07) is 4.12. The fourth-order valence-electron chi connectivity index (χ4n) is 3.00. The molecule has 140 valence electrons. The van der Waals surface area contributed by atoms with Gasteiger partial charge >= 0.3 is 0 Å². The molecule has 10 heteroatoms. The molecule has 0 radical (unpaired) electrons. The van der Waals surface area contributed by atoms with Crippen LogP contribution in [0.2, 0.25) is 0 Å². The van der Waals surface area contributed by atoms with Gasteiger partial charge in [0.1, 0.15) is 5.69 Å². The molecule has 1 fully saturated rings. The minimum atomic E-state index is -3.48. The second kappa shape index (κ2) is 7.29. The Morgan fingerprint density at radius 3 is 2.50 bits per heavy atom. The highest BCUT2D eigenvalue weighted by Crippen LogP contribution is 2.31. The maximum Gasteiger partial charge on any atom is 0.293 e. The molecule has 1 aliphatic heterocycles. The summed E-state index contributed by atoms with van der Waals surface area (Å²) in [5.41, 5.74) is 1.34. The van der Waals surface area contributed by atoms with Gasteiger partial charge in [-0.05, 0) is 19.1 Å². The van der Waals surface area contributed by atoms with Gasteiger partial charge in [-0.3, -0.25) is 15.0 Å². The first-order valence-electron chi connectivity index (χ1n) is 8.11. The highest BCUT2D eigenvalue weighted by atomic mass is 32.2. The Hall–Kier alpha value is -2.04. The Labute approximate surface area is 156 Å². The van der Waals surface area contributed by atoms with Crippen molar-refractivity contribution in [2.24, 2.45) is 0 Å². The van der Waals surface area contributed by atoms with Crippen molar-refractivity contribution in [2.45, 2.75) is 18.4 Å². The van der Waals surface area contributed by atoms with Crippen LogP contribution in [0, 0.1) is 17.0 Å². The van der Waals surface area contributed by atoms with Crippen molar-refractivity contribution in [2.75, 3.05) is 37.3 Å². The van der Waals surface area contributed by atoms with Gasteiger partial charge < -0.3 is 4.90 Å². The molecule has 0 atom stereocenters. The topological polar surface area (TPSA) is 96.7 Å². The molecule has 1 aromatic heterocycles. The molecule has 0 bridgehead atoms. The first kappa shape index (κ1) is 18.7. The van der Waals surface area contributed by atoms with Crippen molar-refractivity contribution in [1.82, 2.24) is 9.88 Å². The van der Waals surface area contributed by atoms with E-state index in [9.17, 15) is 18.5 Å². The summed E-state index contributed by atoms with van der Waals surface area (Å²) in [7, 11) is -3.48. The van der Waals surface area contributed by atoms with Crippen molar-refractivity contribution in [3.63, 3.8) is 0 Å². The number of nitrogens with zero attached hydrogens (tertiary/aromatic N) is 4. The zero-order valence-corrected chi connectivity index (χ0v) is 16.2. The van der Waals surface area contributed by atoms with Gasteiger partial charge in [0.05, 0.1) is 20.5 Å². The first-order valence-corrected chi connectivity index (χ1v) is 10.9. The molecule has 3 rings (SSSR count). The number of nitro groups is 1. The fraction of sp³-hybridized carbons (Fsp3) is 0.438. The molecule has 0 amide bonds. The smallest absolute Gasteiger partial charge is 0.293 e. The number of benzene rings is 1. The number of sulfone groups is 1. The van der Waals surface area contributed by atoms with Crippen molar-refractivity contribution >= 4 is 32.5 Å². The fourth-order valence-corrected chi connectivity index (χ4v) is 4.25. The Kier molecular flexibility index (Phi) is 5.26. The molecule has 2 aromatic rings. The van der Waals surface area contributed by atoms with E-state index in [1.807, 2.05) is 11.8 Å². The van der Waals surface area contributed by atoms with Gasteiger partial charge in [-0.2, -0.15) is 0 Å². The highest BCUT2D eigenvalue weighted by Gasteiger charge is 2.25. The second-order valence-electron chi connectivity index (χ2n) is 6.30. The van der Waals surface area contributed by atoms with Crippen LogP contribution in [0.4, 0.5) is 11.4 Å². The van der Waals surface area contributed by atoms with Crippen LogP contribution in [0.15, 0.2) is 28.5 Å². The number of hydrogen-bond donors (Lipinski definition) is 0. The normalized spacial score (nSPS) is 16.0. The zero-order valence-electron chi connectivity index (χ0n) is 14.6. The monoisotopic (exact) mass is 396 g/mol. The maximum atomic E-state index is 11.7. The SMILES string of the molecule is Cc1nc(CN2CCN(c3ccc(S(C)(=O)=O)cc3[N+](=O)[O-])CC2)cs1. The predicted molar refractivity (Wildman–Crippen MR) is 101 cm³/mol. The summed E-state index contributed by atoms with van der Waals surface area (Å²) in [5.74, 6) is 0. The minimum Gasteiger partial charge on any atom is -0.363 e. The van der Waals surface area contributed by atoms with E-state index in [1.54, 1.807) is 11.3 Å². The van der Waals surface area contributed by atoms with Gasteiger partial charge in [0, 0.05) is 50.4 Å². The van der Waals surface area contributed by atoms with Gasteiger partial charge in [0.15, 0.2) is 9.84 Å². The summed E-state index contributed by atoms with van der Waals surface area (Å²) in [6.07, 6.45) is 1.05. The summed E-state index contributed by atoms with van der Waals surface area (Å²) in [6.45, 7) is 5.56. The van der Waals surface area contributed by atoms with Crippen molar-refractivity contribution in [1.29, 1.82) is 0 Å². The molecule has 0 saturated carbocycles. The van der Waals surface area contributed by atoms with E-state index in [0.29, 0.717) is 18.8 Å².